The third kappa shape index (κ3) is 2.70. The maximum absolute atomic E-state index is 12.4. The molecular weight excluding hydrogens is 258 g/mol. The van der Waals surface area contributed by atoms with Gasteiger partial charge >= 0.3 is 5.97 Å². The molecule has 0 spiro atoms. The number of nitrogens with zero attached hydrogens (tertiary/aromatic N) is 3. The number of carbonyl (C=O) groups is 1. The third-order valence-electron chi connectivity index (χ3n) is 2.64. The molecule has 0 aliphatic carbocycles. The van der Waals surface area contributed by atoms with E-state index in [2.05, 4.69) is 5.10 Å². The fourth-order valence-electron chi connectivity index (χ4n) is 1.54. The number of hydrogen-bond donors (Lipinski definition) is 1. The van der Waals surface area contributed by atoms with Crippen LogP contribution in [0.25, 0.3) is 0 Å². The van der Waals surface area contributed by atoms with Gasteiger partial charge in [-0.05, 0) is 20.8 Å². The van der Waals surface area contributed by atoms with E-state index < -0.39 is 28.6 Å². The molecule has 1 N–H and O–H groups in total. The molecule has 0 fully saturated rings. The van der Waals surface area contributed by atoms with Gasteiger partial charge < -0.3 is 5.11 Å². The highest BCUT2D eigenvalue weighted by molar-refractivity contribution is 7.89. The molecule has 0 saturated carbocycles. The van der Waals surface area contributed by atoms with Crippen molar-refractivity contribution in [1.29, 1.82) is 0 Å². The number of sulfonamides is 1. The molecule has 18 heavy (non-hydrogen) atoms. The predicted molar refractivity (Wildman–Crippen MR) is 64.6 cm³/mol. The van der Waals surface area contributed by atoms with Crippen LogP contribution in [0.1, 0.15) is 19.5 Å². The van der Waals surface area contributed by atoms with Crippen molar-refractivity contribution in [3.05, 3.63) is 11.9 Å². The first-order valence-corrected chi connectivity index (χ1v) is 6.84. The van der Waals surface area contributed by atoms with Gasteiger partial charge in [-0.15, -0.1) is 0 Å². The molecule has 1 aromatic heterocycles. The summed E-state index contributed by atoms with van der Waals surface area (Å²) in [7, 11) is -2.21. The van der Waals surface area contributed by atoms with E-state index in [0.29, 0.717) is 5.69 Å². The van der Waals surface area contributed by atoms with Gasteiger partial charge in [0.2, 0.25) is 10.0 Å². The lowest BCUT2D eigenvalue weighted by atomic mass is 10.4. The molecule has 0 aliphatic heterocycles. The predicted octanol–water partition coefficient (Wildman–Crippen LogP) is 0.212. The second-order valence-electron chi connectivity index (χ2n) is 4.26. The van der Waals surface area contributed by atoms with Crippen LogP contribution >= 0.6 is 0 Å². The molecule has 7 nitrogen and oxygen atoms in total. The Kier molecular flexibility index (Phi) is 4.12. The Morgan fingerprint density at radius 1 is 1.56 bits per heavy atom. The van der Waals surface area contributed by atoms with Crippen LogP contribution in [0.15, 0.2) is 11.1 Å². The standard InChI is InChI=1S/C10H17N3O4S/c1-7(2)13(6-10(14)15)18(16,17)9-5-11-12(4)8(9)3/h5,7H,6H2,1-4H3,(H,14,15). The Bertz CT molecular complexity index is 547. The normalized spacial score (nSPS) is 12.3. The average Bonchev–Trinajstić information content (AvgIpc) is 2.56. The van der Waals surface area contributed by atoms with E-state index in [1.165, 1.54) is 10.9 Å². The Balaban J connectivity index is 3.26. The number of hydrogen-bond acceptors (Lipinski definition) is 4. The average molecular weight is 275 g/mol. The van der Waals surface area contributed by atoms with Crippen molar-refractivity contribution in [3.63, 3.8) is 0 Å². The second kappa shape index (κ2) is 5.07. The SMILES string of the molecule is Cc1c(S(=O)(=O)N(CC(=O)O)C(C)C)cnn1C. The molecule has 0 aliphatic rings. The number of rotatable bonds is 5. The first-order valence-electron chi connectivity index (χ1n) is 5.40. The van der Waals surface area contributed by atoms with E-state index in [1.807, 2.05) is 0 Å². The largest absolute Gasteiger partial charge is 0.480 e. The summed E-state index contributed by atoms with van der Waals surface area (Å²) in [6.45, 7) is 4.33. The van der Waals surface area contributed by atoms with Crippen molar-refractivity contribution in [2.45, 2.75) is 31.7 Å². The first-order chi connectivity index (χ1) is 8.17. The van der Waals surface area contributed by atoms with Crippen molar-refractivity contribution in [2.24, 2.45) is 7.05 Å². The van der Waals surface area contributed by atoms with E-state index in [9.17, 15) is 13.2 Å². The lowest BCUT2D eigenvalue weighted by Crippen LogP contribution is -2.40. The molecule has 1 heterocycles. The highest BCUT2D eigenvalue weighted by Gasteiger charge is 2.31. The van der Waals surface area contributed by atoms with Gasteiger partial charge in [0, 0.05) is 13.1 Å². The quantitative estimate of drug-likeness (QED) is 0.829. The molecule has 0 saturated heterocycles. The fourth-order valence-corrected chi connectivity index (χ4v) is 3.31. The summed E-state index contributed by atoms with van der Waals surface area (Å²) in [5, 5.41) is 12.7. The van der Waals surface area contributed by atoms with Crippen LogP contribution < -0.4 is 0 Å². The molecule has 0 bridgehead atoms. The molecule has 0 unspecified atom stereocenters. The molecule has 8 heteroatoms. The summed E-state index contributed by atoms with van der Waals surface area (Å²) < 4.78 is 27.1. The highest BCUT2D eigenvalue weighted by atomic mass is 32.2. The van der Waals surface area contributed by atoms with Gasteiger partial charge in [-0.1, -0.05) is 0 Å². The summed E-state index contributed by atoms with van der Waals surface area (Å²) >= 11 is 0. The maximum Gasteiger partial charge on any atom is 0.318 e. The Labute approximate surface area is 106 Å². The van der Waals surface area contributed by atoms with Gasteiger partial charge in [0.25, 0.3) is 0 Å². The maximum atomic E-state index is 12.4. The summed E-state index contributed by atoms with van der Waals surface area (Å²) in [5.74, 6) is -1.19. The zero-order chi connectivity index (χ0) is 14.1. The van der Waals surface area contributed by atoms with Crippen molar-refractivity contribution in [3.8, 4) is 0 Å². The van der Waals surface area contributed by atoms with Crippen molar-refractivity contribution in [2.75, 3.05) is 6.54 Å². The monoisotopic (exact) mass is 275 g/mol. The van der Waals surface area contributed by atoms with Crippen LogP contribution in [-0.2, 0) is 21.9 Å². The molecule has 0 amide bonds. The minimum absolute atomic E-state index is 0.0416. The van der Waals surface area contributed by atoms with Crippen LogP contribution in [0.3, 0.4) is 0 Å². The topological polar surface area (TPSA) is 92.5 Å². The summed E-state index contributed by atoms with van der Waals surface area (Å²) in [5.41, 5.74) is 0.478. The van der Waals surface area contributed by atoms with E-state index >= 15 is 0 Å². The molecule has 1 rings (SSSR count). The summed E-state index contributed by atoms with van der Waals surface area (Å²) in [6.07, 6.45) is 1.24. The van der Waals surface area contributed by atoms with E-state index in [4.69, 9.17) is 5.11 Å². The van der Waals surface area contributed by atoms with Gasteiger partial charge in [0.1, 0.15) is 11.4 Å². The molecular formula is C10H17N3O4S. The zero-order valence-electron chi connectivity index (χ0n) is 10.8. The third-order valence-corrected chi connectivity index (χ3v) is 4.77. The first kappa shape index (κ1) is 14.7. The fraction of sp³-hybridized carbons (Fsp3) is 0.600. The van der Waals surface area contributed by atoms with Gasteiger partial charge in [0.05, 0.1) is 11.9 Å². The lowest BCUT2D eigenvalue weighted by Gasteiger charge is -2.23. The van der Waals surface area contributed by atoms with Crippen molar-refractivity contribution in [1.82, 2.24) is 14.1 Å². The second-order valence-corrected chi connectivity index (χ2v) is 6.11. The molecule has 0 radical (unpaired) electrons. The van der Waals surface area contributed by atoms with Crippen LogP contribution in [0.5, 0.6) is 0 Å². The zero-order valence-corrected chi connectivity index (χ0v) is 11.6. The Morgan fingerprint density at radius 2 is 2.11 bits per heavy atom. The highest BCUT2D eigenvalue weighted by Crippen LogP contribution is 2.20. The number of aromatic nitrogens is 2. The van der Waals surface area contributed by atoms with Crippen LogP contribution in [0.2, 0.25) is 0 Å². The van der Waals surface area contributed by atoms with E-state index in [-0.39, 0.29) is 4.90 Å². The van der Waals surface area contributed by atoms with E-state index in [1.54, 1.807) is 27.8 Å². The Hall–Kier alpha value is -1.41. The number of carboxylic acids is 1. The van der Waals surface area contributed by atoms with Crippen molar-refractivity contribution < 1.29 is 18.3 Å². The van der Waals surface area contributed by atoms with Gasteiger partial charge in [-0.25, -0.2) is 8.42 Å². The summed E-state index contributed by atoms with van der Waals surface area (Å²) in [6, 6.07) is -0.439. The van der Waals surface area contributed by atoms with Crippen LogP contribution in [0, 0.1) is 6.92 Å². The lowest BCUT2D eigenvalue weighted by molar-refractivity contribution is -0.137. The number of aliphatic carboxylic acids is 1. The van der Waals surface area contributed by atoms with Crippen LogP contribution in [-0.4, -0.2) is 46.2 Å². The minimum atomic E-state index is -3.84. The minimum Gasteiger partial charge on any atom is -0.480 e. The molecule has 1 aromatic rings. The van der Waals surface area contributed by atoms with Gasteiger partial charge in [-0.3, -0.25) is 9.48 Å². The Morgan fingerprint density at radius 3 is 2.44 bits per heavy atom. The smallest absolute Gasteiger partial charge is 0.318 e. The molecule has 102 valence electrons. The van der Waals surface area contributed by atoms with E-state index in [0.717, 1.165) is 4.31 Å². The molecule has 0 aromatic carbocycles. The van der Waals surface area contributed by atoms with Crippen LogP contribution in [0.4, 0.5) is 0 Å². The van der Waals surface area contributed by atoms with Gasteiger partial charge in [-0.2, -0.15) is 9.40 Å². The molecule has 0 atom stereocenters. The number of aryl methyl sites for hydroxylation is 1. The number of carboxylic acid groups (broad SMARTS) is 1. The van der Waals surface area contributed by atoms with Gasteiger partial charge in [0.15, 0.2) is 0 Å². The van der Waals surface area contributed by atoms with Crippen molar-refractivity contribution >= 4 is 16.0 Å². The summed E-state index contributed by atoms with van der Waals surface area (Å²) in [4.78, 5) is 10.8.